The second-order valence-corrected chi connectivity index (χ2v) is 6.65. The summed E-state index contributed by atoms with van der Waals surface area (Å²) in [5, 5.41) is 13.0. The molecule has 0 aromatic carbocycles. The van der Waals surface area contributed by atoms with Crippen LogP contribution in [0.1, 0.15) is 53.4 Å². The van der Waals surface area contributed by atoms with E-state index >= 15 is 0 Å². The van der Waals surface area contributed by atoms with Crippen molar-refractivity contribution < 1.29 is 5.11 Å². The van der Waals surface area contributed by atoms with E-state index in [4.69, 9.17) is 0 Å². The van der Waals surface area contributed by atoms with Gasteiger partial charge in [-0.05, 0) is 58.2 Å². The molecule has 1 aliphatic heterocycles. The van der Waals surface area contributed by atoms with Crippen molar-refractivity contribution in [3.63, 3.8) is 0 Å². The number of likely N-dealkylation sites (tertiary alicyclic amines) is 1. The van der Waals surface area contributed by atoms with E-state index in [-0.39, 0.29) is 12.1 Å². The van der Waals surface area contributed by atoms with Crippen LogP contribution in [0.3, 0.4) is 0 Å². The van der Waals surface area contributed by atoms with Crippen LogP contribution < -0.4 is 5.32 Å². The molecule has 1 rings (SSSR count). The largest absolute Gasteiger partial charge is 0.394 e. The third-order valence-electron chi connectivity index (χ3n) is 4.07. The van der Waals surface area contributed by atoms with Crippen LogP contribution in [-0.2, 0) is 0 Å². The average molecular weight is 256 g/mol. The minimum Gasteiger partial charge on any atom is -0.394 e. The van der Waals surface area contributed by atoms with Crippen molar-refractivity contribution in [2.24, 2.45) is 5.92 Å². The molecule has 0 radical (unpaired) electrons. The average Bonchev–Trinajstić information content (AvgIpc) is 2.31. The fourth-order valence-corrected chi connectivity index (χ4v) is 2.87. The van der Waals surface area contributed by atoms with Gasteiger partial charge in [-0.1, -0.05) is 20.8 Å². The maximum atomic E-state index is 9.53. The summed E-state index contributed by atoms with van der Waals surface area (Å²) in [6.07, 6.45) is 4.92. The van der Waals surface area contributed by atoms with E-state index < -0.39 is 0 Å². The number of nitrogens with one attached hydrogen (secondary N) is 1. The number of rotatable bonds is 7. The molecule has 3 nitrogen and oxygen atoms in total. The Labute approximate surface area is 113 Å². The second-order valence-electron chi connectivity index (χ2n) is 6.65. The molecule has 1 unspecified atom stereocenters. The van der Waals surface area contributed by atoms with Gasteiger partial charge in [0.15, 0.2) is 0 Å². The zero-order valence-corrected chi connectivity index (χ0v) is 12.7. The first-order valence-corrected chi connectivity index (χ1v) is 7.56. The lowest BCUT2D eigenvalue weighted by Gasteiger charge is -2.34. The molecular weight excluding hydrogens is 224 g/mol. The summed E-state index contributed by atoms with van der Waals surface area (Å²) >= 11 is 0. The van der Waals surface area contributed by atoms with Gasteiger partial charge in [0.1, 0.15) is 0 Å². The molecule has 0 aromatic heterocycles. The number of aliphatic hydroxyl groups is 1. The molecule has 3 heteroatoms. The Bertz CT molecular complexity index is 225. The highest BCUT2D eigenvalue weighted by Crippen LogP contribution is 2.18. The summed E-state index contributed by atoms with van der Waals surface area (Å²) in [4.78, 5) is 2.58. The second kappa shape index (κ2) is 7.46. The van der Waals surface area contributed by atoms with Crippen molar-refractivity contribution >= 4 is 0 Å². The maximum Gasteiger partial charge on any atom is 0.0610 e. The van der Waals surface area contributed by atoms with Crippen LogP contribution in [-0.4, -0.2) is 47.8 Å². The zero-order valence-electron chi connectivity index (χ0n) is 12.7. The van der Waals surface area contributed by atoms with E-state index in [1.165, 1.54) is 38.9 Å². The lowest BCUT2D eigenvalue weighted by Crippen LogP contribution is -2.49. The number of aliphatic hydroxyl groups excluding tert-OH is 1. The molecule has 0 aromatic rings. The first-order valence-electron chi connectivity index (χ1n) is 7.56. The fourth-order valence-electron chi connectivity index (χ4n) is 2.87. The van der Waals surface area contributed by atoms with E-state index in [1.54, 1.807) is 0 Å². The molecule has 1 heterocycles. The topological polar surface area (TPSA) is 35.5 Å². The van der Waals surface area contributed by atoms with Gasteiger partial charge in [-0.15, -0.1) is 0 Å². The predicted molar refractivity (Wildman–Crippen MR) is 77.8 cm³/mol. The minimum absolute atomic E-state index is 0.114. The monoisotopic (exact) mass is 256 g/mol. The normalized spacial score (nSPS) is 22.3. The molecule has 108 valence electrons. The molecule has 0 saturated carbocycles. The molecule has 1 fully saturated rings. The van der Waals surface area contributed by atoms with E-state index in [1.807, 2.05) is 0 Å². The molecular formula is C15H32N2O. The van der Waals surface area contributed by atoms with E-state index in [0.717, 1.165) is 12.3 Å². The first-order chi connectivity index (χ1) is 8.45. The van der Waals surface area contributed by atoms with Gasteiger partial charge in [-0.3, -0.25) is 0 Å². The van der Waals surface area contributed by atoms with Crippen LogP contribution in [0.25, 0.3) is 0 Å². The van der Waals surface area contributed by atoms with E-state index in [2.05, 4.69) is 37.9 Å². The van der Waals surface area contributed by atoms with Crippen LogP contribution >= 0.6 is 0 Å². The summed E-state index contributed by atoms with van der Waals surface area (Å²) in [7, 11) is 0. The SMILES string of the molecule is CC1CCN(CCCC(C)(CO)NC(C)C)CC1. The Kier molecular flexibility index (Phi) is 6.61. The van der Waals surface area contributed by atoms with Gasteiger partial charge in [-0.2, -0.15) is 0 Å². The van der Waals surface area contributed by atoms with Crippen molar-refractivity contribution in [2.45, 2.75) is 65.0 Å². The third kappa shape index (κ3) is 5.68. The molecule has 1 atom stereocenters. The van der Waals surface area contributed by atoms with Gasteiger partial charge in [0, 0.05) is 11.6 Å². The van der Waals surface area contributed by atoms with Crippen molar-refractivity contribution in [2.75, 3.05) is 26.2 Å². The quantitative estimate of drug-likeness (QED) is 0.733. The number of nitrogens with zero attached hydrogens (tertiary/aromatic N) is 1. The van der Waals surface area contributed by atoms with Gasteiger partial charge < -0.3 is 15.3 Å². The van der Waals surface area contributed by atoms with Crippen LogP contribution in [0.15, 0.2) is 0 Å². The maximum absolute atomic E-state index is 9.53. The van der Waals surface area contributed by atoms with Gasteiger partial charge in [0.2, 0.25) is 0 Å². The van der Waals surface area contributed by atoms with Crippen molar-refractivity contribution in [1.82, 2.24) is 10.2 Å². The van der Waals surface area contributed by atoms with Crippen molar-refractivity contribution in [1.29, 1.82) is 0 Å². The molecule has 0 bridgehead atoms. The summed E-state index contributed by atoms with van der Waals surface area (Å²) in [5.74, 6) is 0.909. The van der Waals surface area contributed by atoms with Gasteiger partial charge in [0.05, 0.1) is 6.61 Å². The fraction of sp³-hybridized carbons (Fsp3) is 1.00. The lowest BCUT2D eigenvalue weighted by molar-refractivity contribution is 0.140. The number of hydrogen-bond donors (Lipinski definition) is 2. The van der Waals surface area contributed by atoms with Crippen LogP contribution in [0, 0.1) is 5.92 Å². The molecule has 1 saturated heterocycles. The van der Waals surface area contributed by atoms with Crippen LogP contribution in [0.5, 0.6) is 0 Å². The summed E-state index contributed by atoms with van der Waals surface area (Å²) in [5.41, 5.74) is -0.114. The van der Waals surface area contributed by atoms with Crippen LogP contribution in [0.4, 0.5) is 0 Å². The Hall–Kier alpha value is -0.120. The minimum atomic E-state index is -0.114. The molecule has 2 N–H and O–H groups in total. The summed E-state index contributed by atoms with van der Waals surface area (Å²) < 4.78 is 0. The Morgan fingerprint density at radius 1 is 1.33 bits per heavy atom. The number of piperidine rings is 1. The predicted octanol–water partition coefficient (Wildman–Crippen LogP) is 2.25. The lowest BCUT2D eigenvalue weighted by atomic mass is 9.94. The highest BCUT2D eigenvalue weighted by atomic mass is 16.3. The molecule has 0 aliphatic carbocycles. The molecule has 1 aliphatic rings. The smallest absolute Gasteiger partial charge is 0.0610 e. The number of hydrogen-bond acceptors (Lipinski definition) is 3. The van der Waals surface area contributed by atoms with Gasteiger partial charge >= 0.3 is 0 Å². The summed E-state index contributed by atoms with van der Waals surface area (Å²) in [6, 6.07) is 0.429. The highest BCUT2D eigenvalue weighted by molar-refractivity contribution is 4.84. The Balaban J connectivity index is 2.22. The van der Waals surface area contributed by atoms with E-state index in [0.29, 0.717) is 6.04 Å². The van der Waals surface area contributed by atoms with Gasteiger partial charge in [-0.25, -0.2) is 0 Å². The Morgan fingerprint density at radius 3 is 2.44 bits per heavy atom. The van der Waals surface area contributed by atoms with Crippen molar-refractivity contribution in [3.05, 3.63) is 0 Å². The molecule has 0 amide bonds. The summed E-state index contributed by atoms with van der Waals surface area (Å²) in [6.45, 7) is 12.7. The van der Waals surface area contributed by atoms with Crippen LogP contribution in [0.2, 0.25) is 0 Å². The highest BCUT2D eigenvalue weighted by Gasteiger charge is 2.24. The van der Waals surface area contributed by atoms with E-state index in [9.17, 15) is 5.11 Å². The third-order valence-corrected chi connectivity index (χ3v) is 4.07. The van der Waals surface area contributed by atoms with Crippen molar-refractivity contribution in [3.8, 4) is 0 Å². The molecule has 0 spiro atoms. The molecule has 18 heavy (non-hydrogen) atoms. The standard InChI is InChI=1S/C15H32N2O/c1-13(2)16-15(4,12-18)8-5-9-17-10-6-14(3)7-11-17/h13-14,16,18H,5-12H2,1-4H3. The van der Waals surface area contributed by atoms with Gasteiger partial charge in [0.25, 0.3) is 0 Å². The Morgan fingerprint density at radius 2 is 1.94 bits per heavy atom. The zero-order chi connectivity index (χ0) is 13.6. The first kappa shape index (κ1) is 15.9.